The molecule has 0 amide bonds. The number of hydrogen-bond acceptors (Lipinski definition) is 3. The van der Waals surface area contributed by atoms with Crippen LogP contribution < -0.4 is 15.2 Å². The van der Waals surface area contributed by atoms with Crippen molar-refractivity contribution in [2.24, 2.45) is 11.7 Å². The molecular formula is C12H17NO2. The van der Waals surface area contributed by atoms with Gasteiger partial charge in [0.05, 0.1) is 13.7 Å². The third-order valence-corrected chi connectivity index (χ3v) is 2.89. The first kappa shape index (κ1) is 10.3. The number of para-hydroxylation sites is 1. The standard InChI is InChI=1S/C12H17NO2/c1-14-11-4-2-3-10-7-9(8-13)5-6-15-12(10)11/h2-4,9H,5-8,13H2,1H3. The molecule has 82 valence electrons. The molecule has 2 rings (SSSR count). The van der Waals surface area contributed by atoms with Gasteiger partial charge in [-0.05, 0) is 36.9 Å². The van der Waals surface area contributed by atoms with Crippen LogP contribution in [0.5, 0.6) is 11.5 Å². The van der Waals surface area contributed by atoms with Gasteiger partial charge in [-0.25, -0.2) is 0 Å². The molecule has 3 nitrogen and oxygen atoms in total. The Balaban J connectivity index is 2.32. The summed E-state index contributed by atoms with van der Waals surface area (Å²) in [5, 5.41) is 0. The Kier molecular flexibility index (Phi) is 3.11. The zero-order valence-electron chi connectivity index (χ0n) is 9.03. The molecule has 0 fully saturated rings. The maximum absolute atomic E-state index is 5.72. The third-order valence-electron chi connectivity index (χ3n) is 2.89. The number of fused-ring (bicyclic) bond motifs is 1. The van der Waals surface area contributed by atoms with E-state index in [-0.39, 0.29) is 0 Å². The first-order valence-corrected chi connectivity index (χ1v) is 5.34. The van der Waals surface area contributed by atoms with Crippen molar-refractivity contribution in [1.29, 1.82) is 0 Å². The Bertz CT molecular complexity index is 338. The largest absolute Gasteiger partial charge is 0.493 e. The van der Waals surface area contributed by atoms with E-state index in [0.717, 1.165) is 37.5 Å². The fourth-order valence-corrected chi connectivity index (χ4v) is 1.99. The summed E-state index contributed by atoms with van der Waals surface area (Å²) in [5.41, 5.74) is 6.92. The highest BCUT2D eigenvalue weighted by Crippen LogP contribution is 2.35. The van der Waals surface area contributed by atoms with E-state index in [1.807, 2.05) is 12.1 Å². The van der Waals surface area contributed by atoms with Gasteiger partial charge in [0.1, 0.15) is 0 Å². The molecule has 1 atom stereocenters. The van der Waals surface area contributed by atoms with E-state index in [0.29, 0.717) is 5.92 Å². The molecule has 0 aliphatic carbocycles. The molecule has 0 radical (unpaired) electrons. The second kappa shape index (κ2) is 4.53. The van der Waals surface area contributed by atoms with Gasteiger partial charge in [0, 0.05) is 0 Å². The Morgan fingerprint density at radius 2 is 2.40 bits per heavy atom. The van der Waals surface area contributed by atoms with Crippen LogP contribution in [0.2, 0.25) is 0 Å². The van der Waals surface area contributed by atoms with Crippen LogP contribution in [-0.4, -0.2) is 20.3 Å². The minimum absolute atomic E-state index is 0.526. The van der Waals surface area contributed by atoms with Gasteiger partial charge < -0.3 is 15.2 Å². The van der Waals surface area contributed by atoms with Crippen LogP contribution in [0.3, 0.4) is 0 Å². The smallest absolute Gasteiger partial charge is 0.164 e. The van der Waals surface area contributed by atoms with Crippen molar-refractivity contribution in [2.75, 3.05) is 20.3 Å². The van der Waals surface area contributed by atoms with E-state index in [1.54, 1.807) is 7.11 Å². The molecule has 0 aromatic heterocycles. The predicted molar refractivity (Wildman–Crippen MR) is 59.4 cm³/mol. The SMILES string of the molecule is COc1cccc2c1OCCC(CN)C2. The molecule has 0 spiro atoms. The van der Waals surface area contributed by atoms with Crippen LogP contribution in [0.25, 0.3) is 0 Å². The van der Waals surface area contributed by atoms with Crippen LogP contribution in [-0.2, 0) is 6.42 Å². The Hall–Kier alpha value is -1.22. The highest BCUT2D eigenvalue weighted by molar-refractivity contribution is 5.47. The van der Waals surface area contributed by atoms with Crippen molar-refractivity contribution in [2.45, 2.75) is 12.8 Å². The number of nitrogens with two attached hydrogens (primary N) is 1. The molecule has 0 bridgehead atoms. The molecule has 1 heterocycles. The van der Waals surface area contributed by atoms with E-state index in [1.165, 1.54) is 5.56 Å². The van der Waals surface area contributed by atoms with Gasteiger partial charge in [0.2, 0.25) is 0 Å². The quantitative estimate of drug-likeness (QED) is 0.801. The van der Waals surface area contributed by atoms with Crippen LogP contribution >= 0.6 is 0 Å². The second-order valence-electron chi connectivity index (χ2n) is 3.89. The molecule has 1 aromatic carbocycles. The molecule has 3 heteroatoms. The fourth-order valence-electron chi connectivity index (χ4n) is 1.99. The maximum Gasteiger partial charge on any atom is 0.164 e. The van der Waals surface area contributed by atoms with E-state index >= 15 is 0 Å². The minimum atomic E-state index is 0.526. The topological polar surface area (TPSA) is 44.5 Å². The first-order valence-electron chi connectivity index (χ1n) is 5.34. The van der Waals surface area contributed by atoms with Gasteiger partial charge in [-0.15, -0.1) is 0 Å². The summed E-state index contributed by atoms with van der Waals surface area (Å²) in [5.74, 6) is 2.25. The van der Waals surface area contributed by atoms with Gasteiger partial charge in [-0.2, -0.15) is 0 Å². The Labute approximate surface area is 90.2 Å². The van der Waals surface area contributed by atoms with E-state index < -0.39 is 0 Å². The van der Waals surface area contributed by atoms with Crippen LogP contribution in [0.4, 0.5) is 0 Å². The summed E-state index contributed by atoms with van der Waals surface area (Å²) < 4.78 is 11.0. The third kappa shape index (κ3) is 2.07. The summed E-state index contributed by atoms with van der Waals surface area (Å²) in [7, 11) is 1.67. The highest BCUT2D eigenvalue weighted by Gasteiger charge is 2.19. The van der Waals surface area contributed by atoms with Gasteiger partial charge in [0.15, 0.2) is 11.5 Å². The van der Waals surface area contributed by atoms with Crippen LogP contribution in [0.15, 0.2) is 18.2 Å². The summed E-state index contributed by atoms with van der Waals surface area (Å²) in [6.45, 7) is 1.45. The summed E-state index contributed by atoms with van der Waals surface area (Å²) in [4.78, 5) is 0. The number of methoxy groups -OCH3 is 1. The summed E-state index contributed by atoms with van der Waals surface area (Å²) in [6, 6.07) is 6.02. The lowest BCUT2D eigenvalue weighted by Crippen LogP contribution is -2.17. The predicted octanol–water partition coefficient (Wildman–Crippen LogP) is 1.60. The van der Waals surface area contributed by atoms with E-state index in [2.05, 4.69) is 6.07 Å². The normalized spacial score (nSPS) is 20.0. The van der Waals surface area contributed by atoms with Crippen molar-refractivity contribution in [3.63, 3.8) is 0 Å². The average molecular weight is 207 g/mol. The van der Waals surface area contributed by atoms with Crippen molar-refractivity contribution >= 4 is 0 Å². The maximum atomic E-state index is 5.72. The molecule has 1 unspecified atom stereocenters. The van der Waals surface area contributed by atoms with Crippen LogP contribution in [0.1, 0.15) is 12.0 Å². The Morgan fingerprint density at radius 3 is 3.13 bits per heavy atom. The van der Waals surface area contributed by atoms with E-state index in [4.69, 9.17) is 15.2 Å². The molecule has 0 saturated heterocycles. The van der Waals surface area contributed by atoms with Gasteiger partial charge in [-0.1, -0.05) is 12.1 Å². The molecular weight excluding hydrogens is 190 g/mol. The van der Waals surface area contributed by atoms with Crippen molar-refractivity contribution in [3.05, 3.63) is 23.8 Å². The molecule has 2 N–H and O–H groups in total. The lowest BCUT2D eigenvalue weighted by molar-refractivity contribution is 0.280. The molecule has 1 aliphatic rings. The first-order chi connectivity index (χ1) is 7.35. The van der Waals surface area contributed by atoms with Crippen LogP contribution in [0, 0.1) is 5.92 Å². The summed E-state index contributed by atoms with van der Waals surface area (Å²) in [6.07, 6.45) is 2.01. The van der Waals surface area contributed by atoms with Gasteiger partial charge in [0.25, 0.3) is 0 Å². The molecule has 1 aliphatic heterocycles. The highest BCUT2D eigenvalue weighted by atomic mass is 16.5. The van der Waals surface area contributed by atoms with Crippen molar-refractivity contribution < 1.29 is 9.47 Å². The zero-order chi connectivity index (χ0) is 10.7. The van der Waals surface area contributed by atoms with Gasteiger partial charge >= 0.3 is 0 Å². The number of ether oxygens (including phenoxy) is 2. The van der Waals surface area contributed by atoms with E-state index in [9.17, 15) is 0 Å². The zero-order valence-corrected chi connectivity index (χ0v) is 9.03. The molecule has 1 aromatic rings. The van der Waals surface area contributed by atoms with Crippen molar-refractivity contribution in [3.8, 4) is 11.5 Å². The second-order valence-corrected chi connectivity index (χ2v) is 3.89. The molecule has 0 saturated carbocycles. The number of hydrogen-bond donors (Lipinski definition) is 1. The fraction of sp³-hybridized carbons (Fsp3) is 0.500. The lowest BCUT2D eigenvalue weighted by atomic mass is 9.97. The summed E-state index contributed by atoms with van der Waals surface area (Å²) >= 11 is 0. The Morgan fingerprint density at radius 1 is 1.53 bits per heavy atom. The van der Waals surface area contributed by atoms with Crippen molar-refractivity contribution in [1.82, 2.24) is 0 Å². The minimum Gasteiger partial charge on any atom is -0.493 e. The lowest BCUT2D eigenvalue weighted by Gasteiger charge is -2.11. The van der Waals surface area contributed by atoms with Gasteiger partial charge in [-0.3, -0.25) is 0 Å². The average Bonchev–Trinajstić information content (AvgIpc) is 2.49. The number of rotatable bonds is 2. The number of benzene rings is 1. The molecule has 15 heavy (non-hydrogen) atoms. The monoisotopic (exact) mass is 207 g/mol.